The van der Waals surface area contributed by atoms with Crippen molar-refractivity contribution in [3.63, 3.8) is 0 Å². The Morgan fingerprint density at radius 2 is 0.933 bits per heavy atom. The molecule has 0 saturated carbocycles. The van der Waals surface area contributed by atoms with E-state index in [0.717, 1.165) is 23.3 Å². The third kappa shape index (κ3) is 6.60. The smallest absolute Gasteiger partial charge is 0.422 e. The zero-order valence-electron chi connectivity index (χ0n) is 23.3. The first-order valence-electron chi connectivity index (χ1n) is 13.4. The van der Waals surface area contributed by atoms with Gasteiger partial charge in [-0.05, 0) is 64.6 Å². The Balaban J connectivity index is 1.36. The molecule has 0 heterocycles. The van der Waals surface area contributed by atoms with Crippen molar-refractivity contribution in [2.45, 2.75) is 13.1 Å². The summed E-state index contributed by atoms with van der Waals surface area (Å²) in [5, 5.41) is 0. The summed E-state index contributed by atoms with van der Waals surface area (Å²) < 4.78 is 129. The van der Waals surface area contributed by atoms with Gasteiger partial charge in [0.2, 0.25) is 5.83 Å². The number of hydrogen-bond donors (Lipinski definition) is 0. The molecule has 0 bridgehead atoms. The lowest BCUT2D eigenvalue weighted by atomic mass is 9.95. The number of alkyl halides is 3. The standard InChI is InChI=1S/C35H21F9O/c1-2-45-34(41)33(40)22-9-7-20(8-10-22)19-3-5-21(6-4-19)23-11-13-26(28(36)15-23)24-12-14-27(29(37)16-24)25-17-30(38)32(31(39)18-25)35(42,43)44/h3-18H,2H2,1H3. The number of rotatable bonds is 7. The molecule has 5 rings (SSSR count). The fourth-order valence-corrected chi connectivity index (χ4v) is 4.81. The van der Waals surface area contributed by atoms with Gasteiger partial charge in [0.05, 0.1) is 6.61 Å². The van der Waals surface area contributed by atoms with Crippen LogP contribution in [0.15, 0.2) is 103 Å². The lowest BCUT2D eigenvalue weighted by molar-refractivity contribution is -0.142. The van der Waals surface area contributed by atoms with E-state index in [9.17, 15) is 35.1 Å². The van der Waals surface area contributed by atoms with Gasteiger partial charge in [-0.25, -0.2) is 17.6 Å². The van der Waals surface area contributed by atoms with Crippen LogP contribution in [0.25, 0.3) is 50.3 Å². The molecule has 230 valence electrons. The predicted molar refractivity (Wildman–Crippen MR) is 154 cm³/mol. The van der Waals surface area contributed by atoms with Crippen LogP contribution in [-0.2, 0) is 10.9 Å². The molecule has 0 spiro atoms. The molecule has 0 saturated heterocycles. The maximum absolute atomic E-state index is 15.2. The van der Waals surface area contributed by atoms with Crippen LogP contribution in [0.3, 0.4) is 0 Å². The van der Waals surface area contributed by atoms with Crippen LogP contribution in [0.5, 0.6) is 0 Å². The summed E-state index contributed by atoms with van der Waals surface area (Å²) in [6.07, 6.45) is -5.26. The van der Waals surface area contributed by atoms with Crippen molar-refractivity contribution >= 4 is 5.83 Å². The molecule has 0 aromatic heterocycles. The minimum Gasteiger partial charge on any atom is -0.469 e. The van der Waals surface area contributed by atoms with Crippen molar-refractivity contribution in [3.8, 4) is 44.5 Å². The van der Waals surface area contributed by atoms with E-state index in [1.807, 2.05) is 0 Å². The molecule has 10 heteroatoms. The van der Waals surface area contributed by atoms with Gasteiger partial charge < -0.3 is 4.74 Å². The minimum absolute atomic E-state index is 0.0108. The molecule has 0 N–H and O–H groups in total. The van der Waals surface area contributed by atoms with Crippen LogP contribution in [-0.4, -0.2) is 6.61 Å². The number of halogens is 9. The molecular formula is C35H21F9O. The second-order valence-corrected chi connectivity index (χ2v) is 9.88. The van der Waals surface area contributed by atoms with Crippen molar-refractivity contribution < 1.29 is 44.3 Å². The Bertz CT molecular complexity index is 1870. The highest BCUT2D eigenvalue weighted by Crippen LogP contribution is 2.38. The van der Waals surface area contributed by atoms with Gasteiger partial charge in [0.1, 0.15) is 28.8 Å². The highest BCUT2D eigenvalue weighted by atomic mass is 19.4. The highest BCUT2D eigenvalue weighted by Gasteiger charge is 2.38. The number of ether oxygens (including phenoxy) is 1. The molecule has 0 atom stereocenters. The molecule has 0 radical (unpaired) electrons. The summed E-state index contributed by atoms with van der Waals surface area (Å²) in [4.78, 5) is 0. The quantitative estimate of drug-likeness (QED) is 0.129. The lowest BCUT2D eigenvalue weighted by Gasteiger charge is -2.13. The minimum atomic E-state index is -5.26. The van der Waals surface area contributed by atoms with Crippen molar-refractivity contribution in [1.82, 2.24) is 0 Å². The molecule has 5 aromatic carbocycles. The largest absolute Gasteiger partial charge is 0.469 e. The van der Waals surface area contributed by atoms with E-state index in [0.29, 0.717) is 23.3 Å². The van der Waals surface area contributed by atoms with Gasteiger partial charge in [-0.2, -0.15) is 22.0 Å². The van der Waals surface area contributed by atoms with Crippen LogP contribution >= 0.6 is 0 Å². The van der Waals surface area contributed by atoms with Crippen LogP contribution in [0, 0.1) is 23.3 Å². The van der Waals surface area contributed by atoms with Crippen LogP contribution in [0.2, 0.25) is 0 Å². The normalized spacial score (nSPS) is 12.2. The summed E-state index contributed by atoms with van der Waals surface area (Å²) >= 11 is 0. The summed E-state index contributed by atoms with van der Waals surface area (Å²) in [5.74, 6) is -6.58. The van der Waals surface area contributed by atoms with Gasteiger partial charge in [0.25, 0.3) is 0 Å². The van der Waals surface area contributed by atoms with Gasteiger partial charge in [-0.1, -0.05) is 72.8 Å². The summed E-state index contributed by atoms with van der Waals surface area (Å²) in [6.45, 7) is 1.53. The second-order valence-electron chi connectivity index (χ2n) is 9.88. The third-order valence-corrected chi connectivity index (χ3v) is 7.02. The first kappa shape index (κ1) is 31.4. The van der Waals surface area contributed by atoms with Crippen molar-refractivity contribution in [1.29, 1.82) is 0 Å². The molecule has 0 unspecified atom stereocenters. The highest BCUT2D eigenvalue weighted by molar-refractivity contribution is 5.76. The molecular weight excluding hydrogens is 607 g/mol. The van der Waals surface area contributed by atoms with E-state index in [-0.39, 0.29) is 28.9 Å². The topological polar surface area (TPSA) is 9.23 Å². The SMILES string of the molecule is CCOC(F)=C(F)c1ccc(-c2ccc(-c3ccc(-c4ccc(-c5cc(F)c(C(F)(F)F)c(F)c5)c(F)c4)c(F)c3)cc2)cc1. The molecule has 0 amide bonds. The van der Waals surface area contributed by atoms with Gasteiger partial charge in [0, 0.05) is 16.7 Å². The maximum Gasteiger partial charge on any atom is 0.422 e. The fourth-order valence-electron chi connectivity index (χ4n) is 4.81. The van der Waals surface area contributed by atoms with E-state index in [2.05, 4.69) is 4.74 Å². The van der Waals surface area contributed by atoms with E-state index < -0.39 is 52.4 Å². The fraction of sp³-hybridized carbons (Fsp3) is 0.0857. The van der Waals surface area contributed by atoms with Crippen molar-refractivity contribution in [2.24, 2.45) is 0 Å². The predicted octanol–water partition coefficient (Wildman–Crippen LogP) is 11.5. The van der Waals surface area contributed by atoms with Crippen LogP contribution in [0.4, 0.5) is 39.5 Å². The lowest BCUT2D eigenvalue weighted by Crippen LogP contribution is -2.11. The van der Waals surface area contributed by atoms with Crippen molar-refractivity contribution in [2.75, 3.05) is 6.61 Å². The summed E-state index contributed by atoms with van der Waals surface area (Å²) in [7, 11) is 0. The Morgan fingerprint density at radius 1 is 0.533 bits per heavy atom. The monoisotopic (exact) mass is 628 g/mol. The molecule has 1 nitrogen and oxygen atoms in total. The van der Waals surface area contributed by atoms with E-state index in [1.54, 1.807) is 42.5 Å². The van der Waals surface area contributed by atoms with Crippen LogP contribution in [0.1, 0.15) is 18.1 Å². The van der Waals surface area contributed by atoms with Gasteiger partial charge in [0.15, 0.2) is 0 Å². The average Bonchev–Trinajstić information content (AvgIpc) is 3.00. The molecule has 0 aliphatic heterocycles. The van der Waals surface area contributed by atoms with E-state index in [1.165, 1.54) is 37.3 Å². The number of benzene rings is 5. The second kappa shape index (κ2) is 12.6. The number of hydrogen-bond acceptors (Lipinski definition) is 1. The molecule has 0 fully saturated rings. The molecule has 0 aliphatic rings. The Morgan fingerprint density at radius 3 is 1.42 bits per heavy atom. The third-order valence-electron chi connectivity index (χ3n) is 7.02. The van der Waals surface area contributed by atoms with E-state index in [4.69, 9.17) is 0 Å². The zero-order chi connectivity index (χ0) is 32.5. The Kier molecular flexibility index (Phi) is 8.77. The molecule has 45 heavy (non-hydrogen) atoms. The Labute approximate surface area is 251 Å². The average molecular weight is 629 g/mol. The first-order chi connectivity index (χ1) is 21.4. The molecule has 0 aliphatic carbocycles. The first-order valence-corrected chi connectivity index (χ1v) is 13.4. The summed E-state index contributed by atoms with van der Waals surface area (Å²) in [5.41, 5.74) is -0.0981. The van der Waals surface area contributed by atoms with E-state index >= 15 is 4.39 Å². The zero-order valence-corrected chi connectivity index (χ0v) is 23.3. The molecule has 5 aromatic rings. The van der Waals surface area contributed by atoms with Gasteiger partial charge >= 0.3 is 12.2 Å². The van der Waals surface area contributed by atoms with Gasteiger partial charge in [-0.3, -0.25) is 0 Å². The van der Waals surface area contributed by atoms with Crippen molar-refractivity contribution in [3.05, 3.63) is 137 Å². The maximum atomic E-state index is 15.2. The Hall–Kier alpha value is -4.99. The summed E-state index contributed by atoms with van der Waals surface area (Å²) in [6, 6.07) is 20.2. The van der Waals surface area contributed by atoms with Crippen LogP contribution < -0.4 is 0 Å². The van der Waals surface area contributed by atoms with Gasteiger partial charge in [-0.15, -0.1) is 0 Å².